The van der Waals surface area contributed by atoms with Crippen LogP contribution >= 0.6 is 0 Å². The first kappa shape index (κ1) is 11.5. The summed E-state index contributed by atoms with van der Waals surface area (Å²) in [6.07, 6.45) is -5.31. The molecule has 0 atom stereocenters. The highest BCUT2D eigenvalue weighted by atomic mass is 19.4. The van der Waals surface area contributed by atoms with Crippen LogP contribution in [0, 0.1) is 11.3 Å². The monoisotopic (exact) mass is 193 g/mol. The second kappa shape index (κ2) is 4.50. The minimum atomic E-state index is -4.66. The second-order valence-corrected chi connectivity index (χ2v) is 2.05. The van der Waals surface area contributed by atoms with E-state index in [0.717, 1.165) is 7.11 Å². The third-order valence-corrected chi connectivity index (χ3v) is 1.17. The van der Waals surface area contributed by atoms with Crippen molar-refractivity contribution in [3.05, 3.63) is 11.6 Å². The number of rotatable bonds is 2. The lowest BCUT2D eigenvalue weighted by molar-refractivity contribution is -0.143. The summed E-state index contributed by atoms with van der Waals surface area (Å²) in [7, 11) is 0.975. The van der Waals surface area contributed by atoms with Gasteiger partial charge in [0.2, 0.25) is 0 Å². The second-order valence-electron chi connectivity index (χ2n) is 2.05. The molecule has 0 unspecified atom stereocenters. The average Bonchev–Trinajstić information content (AvgIpc) is 2.01. The predicted molar refractivity (Wildman–Crippen MR) is 36.4 cm³/mol. The van der Waals surface area contributed by atoms with Gasteiger partial charge in [-0.25, -0.2) is 0 Å². The van der Waals surface area contributed by atoms with Crippen LogP contribution in [0.3, 0.4) is 0 Å². The van der Waals surface area contributed by atoms with Crippen molar-refractivity contribution < 1.29 is 22.7 Å². The quantitative estimate of drug-likeness (QED) is 0.494. The summed E-state index contributed by atoms with van der Waals surface area (Å²) < 4.78 is 40.0. The van der Waals surface area contributed by atoms with E-state index < -0.39 is 24.1 Å². The number of alkyl halides is 3. The minimum Gasteiger partial charge on any atom is -0.469 e. The highest BCUT2D eigenvalue weighted by molar-refractivity contribution is 5.72. The molecule has 0 N–H and O–H groups in total. The first-order chi connectivity index (χ1) is 5.91. The van der Waals surface area contributed by atoms with Crippen molar-refractivity contribution in [3.8, 4) is 6.07 Å². The van der Waals surface area contributed by atoms with E-state index in [4.69, 9.17) is 5.26 Å². The molecule has 6 heteroatoms. The average molecular weight is 193 g/mol. The zero-order valence-electron chi connectivity index (χ0n) is 6.68. The molecule has 0 aromatic carbocycles. The van der Waals surface area contributed by atoms with Gasteiger partial charge >= 0.3 is 12.1 Å². The highest BCUT2D eigenvalue weighted by Gasteiger charge is 2.34. The van der Waals surface area contributed by atoms with Gasteiger partial charge in [0.15, 0.2) is 0 Å². The number of carbonyl (C=O) groups is 1. The molecule has 0 aromatic rings. The van der Waals surface area contributed by atoms with Gasteiger partial charge in [-0.15, -0.1) is 0 Å². The molecule has 0 amide bonds. The van der Waals surface area contributed by atoms with E-state index in [1.54, 1.807) is 0 Å². The van der Waals surface area contributed by atoms with Gasteiger partial charge in [-0.05, 0) is 0 Å². The maximum Gasteiger partial charge on any atom is 0.413 e. The van der Waals surface area contributed by atoms with Crippen LogP contribution in [-0.2, 0) is 9.53 Å². The molecule has 0 aliphatic rings. The Morgan fingerprint density at radius 3 is 2.46 bits per heavy atom. The Bertz CT molecular complexity index is 262. The molecule has 0 rings (SSSR count). The predicted octanol–water partition coefficient (Wildman–Crippen LogP) is 1.56. The van der Waals surface area contributed by atoms with Gasteiger partial charge in [0.05, 0.1) is 25.2 Å². The summed E-state index contributed by atoms with van der Waals surface area (Å²) in [6, 6.07) is 1.21. The number of nitriles is 1. The van der Waals surface area contributed by atoms with Gasteiger partial charge < -0.3 is 4.74 Å². The summed E-state index contributed by atoms with van der Waals surface area (Å²) in [5, 5.41) is 8.01. The van der Waals surface area contributed by atoms with Crippen LogP contribution in [0.2, 0.25) is 0 Å². The van der Waals surface area contributed by atoms with Gasteiger partial charge in [-0.1, -0.05) is 0 Å². The Balaban J connectivity index is 4.59. The van der Waals surface area contributed by atoms with Gasteiger partial charge in [0, 0.05) is 6.08 Å². The van der Waals surface area contributed by atoms with Crippen molar-refractivity contribution in [1.82, 2.24) is 0 Å². The lowest BCUT2D eigenvalue weighted by Crippen LogP contribution is -2.16. The van der Waals surface area contributed by atoms with Crippen LogP contribution in [0.25, 0.3) is 0 Å². The van der Waals surface area contributed by atoms with E-state index in [1.165, 1.54) is 6.07 Å². The number of hydrogen-bond donors (Lipinski definition) is 0. The zero-order chi connectivity index (χ0) is 10.5. The van der Waals surface area contributed by atoms with Crippen molar-refractivity contribution >= 4 is 5.97 Å². The van der Waals surface area contributed by atoms with Crippen molar-refractivity contribution in [3.63, 3.8) is 0 Å². The number of ether oxygens (including phenoxy) is 1. The fraction of sp³-hybridized carbons (Fsp3) is 0.429. The number of methoxy groups -OCH3 is 1. The molecule has 0 saturated heterocycles. The Morgan fingerprint density at radius 2 is 2.15 bits per heavy atom. The topological polar surface area (TPSA) is 50.1 Å². The molecule has 0 spiro atoms. The number of halogens is 3. The fourth-order valence-electron chi connectivity index (χ4n) is 0.539. The van der Waals surface area contributed by atoms with E-state index in [9.17, 15) is 18.0 Å². The van der Waals surface area contributed by atoms with Crippen LogP contribution in [0.15, 0.2) is 11.6 Å². The van der Waals surface area contributed by atoms with Gasteiger partial charge in [-0.3, -0.25) is 4.79 Å². The molecule has 0 heterocycles. The summed E-state index contributed by atoms with van der Waals surface area (Å²) >= 11 is 0. The maximum atomic E-state index is 12.0. The van der Waals surface area contributed by atoms with Crippen LogP contribution in [0.4, 0.5) is 13.2 Å². The molecule has 0 fully saturated rings. The number of hydrogen-bond acceptors (Lipinski definition) is 3. The summed E-state index contributed by atoms with van der Waals surface area (Å²) in [5.41, 5.74) is -1.21. The molecule has 0 saturated carbocycles. The van der Waals surface area contributed by atoms with E-state index in [0.29, 0.717) is 0 Å². The normalized spacial score (nSPS) is 12.1. The van der Waals surface area contributed by atoms with Crippen molar-refractivity contribution in [2.75, 3.05) is 7.11 Å². The van der Waals surface area contributed by atoms with E-state index in [2.05, 4.69) is 4.74 Å². The summed E-state index contributed by atoms with van der Waals surface area (Å²) in [4.78, 5) is 10.5. The van der Waals surface area contributed by atoms with E-state index >= 15 is 0 Å². The molecule has 0 aliphatic carbocycles. The fourth-order valence-corrected chi connectivity index (χ4v) is 0.539. The third-order valence-electron chi connectivity index (χ3n) is 1.17. The Labute approximate surface area is 72.4 Å². The Hall–Kier alpha value is -1.51. The standard InChI is InChI=1S/C7H6F3NO2/c1-13-6(12)4-5(2-3-11)7(8,9)10/h2H,4H2,1H3. The number of allylic oxidation sites excluding steroid dienone is 1. The SMILES string of the molecule is COC(=O)CC(=CC#N)C(F)(F)F. The third kappa shape index (κ3) is 4.15. The zero-order valence-corrected chi connectivity index (χ0v) is 6.68. The lowest BCUT2D eigenvalue weighted by Gasteiger charge is -2.08. The molecule has 0 bridgehead atoms. The molecular formula is C7H6F3NO2. The highest BCUT2D eigenvalue weighted by Crippen LogP contribution is 2.27. The van der Waals surface area contributed by atoms with Gasteiger partial charge in [0.25, 0.3) is 0 Å². The van der Waals surface area contributed by atoms with E-state index in [1.807, 2.05) is 0 Å². The summed E-state index contributed by atoms with van der Waals surface area (Å²) in [6.45, 7) is 0. The van der Waals surface area contributed by atoms with Crippen molar-refractivity contribution in [2.45, 2.75) is 12.6 Å². The molecule has 0 radical (unpaired) electrons. The molecule has 13 heavy (non-hydrogen) atoms. The molecule has 72 valence electrons. The van der Waals surface area contributed by atoms with Crippen LogP contribution in [0.5, 0.6) is 0 Å². The van der Waals surface area contributed by atoms with Gasteiger partial charge in [0.1, 0.15) is 0 Å². The largest absolute Gasteiger partial charge is 0.469 e. The molecule has 0 aliphatic heterocycles. The lowest BCUT2D eigenvalue weighted by atomic mass is 10.2. The summed E-state index contributed by atoms with van der Waals surface area (Å²) in [5.74, 6) is -1.03. The Kier molecular flexibility index (Phi) is 3.98. The number of carbonyl (C=O) groups excluding carboxylic acids is 1. The smallest absolute Gasteiger partial charge is 0.413 e. The molecule has 0 aromatic heterocycles. The molecular weight excluding hydrogens is 187 g/mol. The first-order valence-corrected chi connectivity index (χ1v) is 3.14. The van der Waals surface area contributed by atoms with Crippen LogP contribution in [0.1, 0.15) is 6.42 Å². The van der Waals surface area contributed by atoms with Crippen molar-refractivity contribution in [1.29, 1.82) is 5.26 Å². The molecule has 3 nitrogen and oxygen atoms in total. The Morgan fingerprint density at radius 1 is 1.62 bits per heavy atom. The van der Waals surface area contributed by atoms with Gasteiger partial charge in [-0.2, -0.15) is 18.4 Å². The maximum absolute atomic E-state index is 12.0. The number of nitrogens with zero attached hydrogens (tertiary/aromatic N) is 1. The minimum absolute atomic E-state index is 0.289. The van der Waals surface area contributed by atoms with Crippen molar-refractivity contribution in [2.24, 2.45) is 0 Å². The van der Waals surface area contributed by atoms with Crippen LogP contribution < -0.4 is 0 Å². The van der Waals surface area contributed by atoms with E-state index in [-0.39, 0.29) is 6.08 Å². The first-order valence-electron chi connectivity index (χ1n) is 3.14. The van der Waals surface area contributed by atoms with Crippen LogP contribution in [-0.4, -0.2) is 19.3 Å². The number of esters is 1.